The average molecular weight is 372 g/mol. The molecule has 118 valence electrons. The summed E-state index contributed by atoms with van der Waals surface area (Å²) < 4.78 is 2.98. The van der Waals surface area contributed by atoms with E-state index in [0.29, 0.717) is 6.42 Å². The molecule has 5 heteroatoms. The Balaban J connectivity index is 1.84. The van der Waals surface area contributed by atoms with Crippen LogP contribution in [-0.2, 0) is 11.2 Å². The molecule has 0 saturated heterocycles. The summed E-state index contributed by atoms with van der Waals surface area (Å²) in [5.74, 6) is -0.0489. The molecule has 0 aliphatic carbocycles. The van der Waals surface area contributed by atoms with Crippen molar-refractivity contribution < 1.29 is 4.79 Å². The highest BCUT2D eigenvalue weighted by atomic mass is 79.9. The number of nitrogens with one attached hydrogen (secondary N) is 1. The Morgan fingerprint density at radius 2 is 2.00 bits per heavy atom. The van der Waals surface area contributed by atoms with E-state index in [9.17, 15) is 4.79 Å². The van der Waals surface area contributed by atoms with Gasteiger partial charge in [-0.25, -0.2) is 4.98 Å². The molecule has 0 aliphatic rings. The standard InChI is InChI=1S/C18H18BrN3O/c1-11-6-7-14(9-15(11)19)21-17(23)10-16-13(3)20-18-12(2)5-4-8-22(16)18/h4-9H,10H2,1-3H3,(H,21,23). The third kappa shape index (κ3) is 3.15. The van der Waals surface area contributed by atoms with Gasteiger partial charge in [0.05, 0.1) is 17.8 Å². The number of fused-ring (bicyclic) bond motifs is 1. The molecule has 3 aromatic rings. The molecule has 0 fully saturated rings. The highest BCUT2D eigenvalue weighted by Crippen LogP contribution is 2.21. The number of hydrogen-bond acceptors (Lipinski definition) is 2. The lowest BCUT2D eigenvalue weighted by Crippen LogP contribution is -2.16. The van der Waals surface area contributed by atoms with Gasteiger partial charge in [0, 0.05) is 16.4 Å². The van der Waals surface area contributed by atoms with Crippen molar-refractivity contribution in [1.29, 1.82) is 0 Å². The number of amides is 1. The largest absolute Gasteiger partial charge is 0.326 e. The molecular weight excluding hydrogens is 354 g/mol. The fraction of sp³-hybridized carbons (Fsp3) is 0.222. The molecule has 0 aliphatic heterocycles. The van der Waals surface area contributed by atoms with Crippen LogP contribution in [0.15, 0.2) is 41.0 Å². The maximum atomic E-state index is 12.4. The van der Waals surface area contributed by atoms with Crippen molar-refractivity contribution in [2.24, 2.45) is 0 Å². The van der Waals surface area contributed by atoms with Gasteiger partial charge in [0.25, 0.3) is 0 Å². The van der Waals surface area contributed by atoms with Gasteiger partial charge in [0.2, 0.25) is 5.91 Å². The van der Waals surface area contributed by atoms with Gasteiger partial charge in [-0.1, -0.05) is 28.1 Å². The molecule has 2 aromatic heterocycles. The van der Waals surface area contributed by atoms with Crippen LogP contribution in [0, 0.1) is 20.8 Å². The Kier molecular flexibility index (Phi) is 4.22. The van der Waals surface area contributed by atoms with E-state index in [4.69, 9.17) is 0 Å². The van der Waals surface area contributed by atoms with Gasteiger partial charge < -0.3 is 9.72 Å². The smallest absolute Gasteiger partial charge is 0.230 e. The number of pyridine rings is 1. The van der Waals surface area contributed by atoms with Crippen LogP contribution >= 0.6 is 15.9 Å². The highest BCUT2D eigenvalue weighted by molar-refractivity contribution is 9.10. The van der Waals surface area contributed by atoms with Crippen molar-refractivity contribution >= 4 is 33.2 Å². The quantitative estimate of drug-likeness (QED) is 0.749. The zero-order chi connectivity index (χ0) is 16.6. The summed E-state index contributed by atoms with van der Waals surface area (Å²) >= 11 is 3.48. The van der Waals surface area contributed by atoms with Gasteiger partial charge in [-0.3, -0.25) is 4.79 Å². The fourth-order valence-electron chi connectivity index (χ4n) is 2.61. The number of aryl methyl sites for hydroxylation is 3. The number of carbonyl (C=O) groups is 1. The first-order valence-electron chi connectivity index (χ1n) is 7.45. The zero-order valence-corrected chi connectivity index (χ0v) is 14.9. The van der Waals surface area contributed by atoms with E-state index in [1.807, 2.05) is 61.7 Å². The zero-order valence-electron chi connectivity index (χ0n) is 13.4. The average Bonchev–Trinajstić information content (AvgIpc) is 2.81. The maximum absolute atomic E-state index is 12.4. The van der Waals surface area contributed by atoms with E-state index in [2.05, 4.69) is 26.2 Å². The number of benzene rings is 1. The Bertz CT molecular complexity index is 899. The predicted molar refractivity (Wildman–Crippen MR) is 95.9 cm³/mol. The minimum Gasteiger partial charge on any atom is -0.326 e. The van der Waals surface area contributed by atoms with Crippen molar-refractivity contribution in [3.05, 3.63) is 63.5 Å². The van der Waals surface area contributed by atoms with Crippen LogP contribution in [-0.4, -0.2) is 15.3 Å². The molecule has 1 N–H and O–H groups in total. The SMILES string of the molecule is Cc1ccc(NC(=O)Cc2c(C)nc3c(C)cccn23)cc1Br. The van der Waals surface area contributed by atoms with Crippen LogP contribution in [0.3, 0.4) is 0 Å². The summed E-state index contributed by atoms with van der Waals surface area (Å²) in [7, 11) is 0. The molecule has 2 heterocycles. The number of nitrogens with zero attached hydrogens (tertiary/aromatic N) is 2. The second kappa shape index (κ2) is 6.16. The molecule has 0 saturated carbocycles. The van der Waals surface area contributed by atoms with Gasteiger partial charge >= 0.3 is 0 Å². The fourth-order valence-corrected chi connectivity index (χ4v) is 2.99. The van der Waals surface area contributed by atoms with Crippen molar-refractivity contribution in [2.45, 2.75) is 27.2 Å². The summed E-state index contributed by atoms with van der Waals surface area (Å²) in [6, 6.07) is 9.79. The Morgan fingerprint density at radius 1 is 1.22 bits per heavy atom. The second-order valence-electron chi connectivity index (χ2n) is 5.72. The molecule has 3 rings (SSSR count). The van der Waals surface area contributed by atoms with E-state index < -0.39 is 0 Å². The summed E-state index contributed by atoms with van der Waals surface area (Å²) in [4.78, 5) is 17.0. The normalized spacial score (nSPS) is 11.0. The Hall–Kier alpha value is -2.14. The van der Waals surface area contributed by atoms with Gasteiger partial charge in [0.15, 0.2) is 0 Å². The number of hydrogen-bond donors (Lipinski definition) is 1. The first-order chi connectivity index (χ1) is 11.0. The molecule has 0 radical (unpaired) electrons. The van der Waals surface area contributed by atoms with Gasteiger partial charge in [-0.2, -0.15) is 0 Å². The monoisotopic (exact) mass is 371 g/mol. The molecule has 0 bridgehead atoms. The molecular formula is C18H18BrN3O. The molecule has 4 nitrogen and oxygen atoms in total. The molecule has 1 amide bonds. The molecule has 0 spiro atoms. The van der Waals surface area contributed by atoms with Crippen molar-refractivity contribution in [1.82, 2.24) is 9.38 Å². The number of halogens is 1. The summed E-state index contributed by atoms with van der Waals surface area (Å²) in [5.41, 5.74) is 5.74. The topological polar surface area (TPSA) is 46.4 Å². The van der Waals surface area contributed by atoms with E-state index in [0.717, 1.165) is 38.3 Å². The van der Waals surface area contributed by atoms with Crippen LogP contribution in [0.5, 0.6) is 0 Å². The number of rotatable bonds is 3. The van der Waals surface area contributed by atoms with Crippen LogP contribution in [0.25, 0.3) is 5.65 Å². The summed E-state index contributed by atoms with van der Waals surface area (Å²) in [5, 5.41) is 2.94. The lowest BCUT2D eigenvalue weighted by Gasteiger charge is -2.08. The molecule has 1 aromatic carbocycles. The van der Waals surface area contributed by atoms with E-state index >= 15 is 0 Å². The molecule has 0 atom stereocenters. The molecule has 0 unspecified atom stereocenters. The van der Waals surface area contributed by atoms with Crippen molar-refractivity contribution in [3.8, 4) is 0 Å². The van der Waals surface area contributed by atoms with Crippen molar-refractivity contribution in [3.63, 3.8) is 0 Å². The predicted octanol–water partition coefficient (Wildman–Crippen LogP) is 4.20. The van der Waals surface area contributed by atoms with Gasteiger partial charge in [-0.05, 0) is 50.1 Å². The first kappa shape index (κ1) is 15.7. The van der Waals surface area contributed by atoms with Gasteiger partial charge in [-0.15, -0.1) is 0 Å². The van der Waals surface area contributed by atoms with Crippen LogP contribution < -0.4 is 5.32 Å². The van der Waals surface area contributed by atoms with E-state index in [1.54, 1.807) is 0 Å². The minimum absolute atomic E-state index is 0.0489. The number of carbonyl (C=O) groups excluding carboxylic acids is 1. The summed E-state index contributed by atoms with van der Waals surface area (Å²) in [6.45, 7) is 5.98. The second-order valence-corrected chi connectivity index (χ2v) is 6.57. The first-order valence-corrected chi connectivity index (χ1v) is 8.24. The molecule has 23 heavy (non-hydrogen) atoms. The number of aromatic nitrogens is 2. The van der Waals surface area contributed by atoms with E-state index in [-0.39, 0.29) is 5.91 Å². The van der Waals surface area contributed by atoms with Gasteiger partial charge in [0.1, 0.15) is 5.65 Å². The third-order valence-electron chi connectivity index (χ3n) is 3.93. The Labute approximate surface area is 143 Å². The lowest BCUT2D eigenvalue weighted by molar-refractivity contribution is -0.115. The lowest BCUT2D eigenvalue weighted by atomic mass is 10.2. The van der Waals surface area contributed by atoms with Crippen LogP contribution in [0.4, 0.5) is 5.69 Å². The van der Waals surface area contributed by atoms with E-state index in [1.165, 1.54) is 0 Å². The van der Waals surface area contributed by atoms with Crippen LogP contribution in [0.2, 0.25) is 0 Å². The van der Waals surface area contributed by atoms with Crippen molar-refractivity contribution in [2.75, 3.05) is 5.32 Å². The minimum atomic E-state index is -0.0489. The van der Waals surface area contributed by atoms with Crippen LogP contribution in [0.1, 0.15) is 22.5 Å². The summed E-state index contributed by atoms with van der Waals surface area (Å²) in [6.07, 6.45) is 2.25. The Morgan fingerprint density at radius 3 is 2.74 bits per heavy atom. The number of anilines is 1. The number of imidazole rings is 1. The highest BCUT2D eigenvalue weighted by Gasteiger charge is 2.14. The maximum Gasteiger partial charge on any atom is 0.230 e. The third-order valence-corrected chi connectivity index (χ3v) is 4.78.